The molecule has 3 aromatic rings. The Morgan fingerprint density at radius 1 is 1.24 bits per heavy atom. The van der Waals surface area contributed by atoms with Gasteiger partial charge in [-0.1, -0.05) is 11.6 Å². The Morgan fingerprint density at radius 2 is 1.94 bits per heavy atom. The summed E-state index contributed by atoms with van der Waals surface area (Å²) < 4.78 is 1.59. The van der Waals surface area contributed by atoms with Crippen molar-refractivity contribution in [2.75, 3.05) is 19.4 Å². The van der Waals surface area contributed by atoms with E-state index in [1.54, 1.807) is 19.1 Å². The van der Waals surface area contributed by atoms with Gasteiger partial charge >= 0.3 is 6.09 Å². The third-order valence-electron chi connectivity index (χ3n) is 4.81. The summed E-state index contributed by atoms with van der Waals surface area (Å²) in [5.41, 5.74) is 0.684. The fourth-order valence-corrected chi connectivity index (χ4v) is 3.59. The minimum atomic E-state index is -1.37. The van der Waals surface area contributed by atoms with Gasteiger partial charge in [-0.15, -0.1) is 0 Å². The van der Waals surface area contributed by atoms with Gasteiger partial charge in [0.2, 0.25) is 0 Å². The molecular formula is C21H17BrClN7O4. The van der Waals surface area contributed by atoms with Gasteiger partial charge in [0.15, 0.2) is 5.82 Å². The van der Waals surface area contributed by atoms with Crippen LogP contribution in [0.3, 0.4) is 0 Å². The average molecular weight is 547 g/mol. The van der Waals surface area contributed by atoms with E-state index in [2.05, 4.69) is 31.3 Å². The van der Waals surface area contributed by atoms with Crippen molar-refractivity contribution in [3.05, 3.63) is 68.5 Å². The van der Waals surface area contributed by atoms with Crippen molar-refractivity contribution in [3.8, 4) is 11.9 Å². The van der Waals surface area contributed by atoms with Gasteiger partial charge in [0.05, 0.1) is 27.9 Å². The predicted octanol–water partition coefficient (Wildman–Crippen LogP) is 3.71. The molecule has 0 aliphatic carbocycles. The largest absolute Gasteiger partial charge is 0.464 e. The first kappa shape index (κ1) is 24.7. The number of aryl methyl sites for hydroxylation is 1. The van der Waals surface area contributed by atoms with E-state index >= 15 is 0 Å². The van der Waals surface area contributed by atoms with Gasteiger partial charge in [0, 0.05) is 26.4 Å². The van der Waals surface area contributed by atoms with Gasteiger partial charge < -0.3 is 10.4 Å². The van der Waals surface area contributed by atoms with Crippen molar-refractivity contribution in [2.24, 2.45) is 0 Å². The van der Waals surface area contributed by atoms with Gasteiger partial charge in [-0.25, -0.2) is 24.5 Å². The van der Waals surface area contributed by atoms with Crippen LogP contribution in [-0.2, 0) is 0 Å². The van der Waals surface area contributed by atoms with E-state index in [0.29, 0.717) is 15.2 Å². The number of nitriles is 1. The highest BCUT2D eigenvalue weighted by molar-refractivity contribution is 9.10. The monoisotopic (exact) mass is 545 g/mol. The normalized spacial score (nSPS) is 10.4. The fraction of sp³-hybridized carbons (Fsp3) is 0.143. The molecule has 3 rings (SSSR count). The highest BCUT2D eigenvalue weighted by Crippen LogP contribution is 2.27. The van der Waals surface area contributed by atoms with E-state index in [9.17, 15) is 24.8 Å². The molecule has 174 valence electrons. The lowest BCUT2D eigenvalue weighted by molar-refractivity contribution is 0.0247. The zero-order valence-electron chi connectivity index (χ0n) is 18.1. The molecular weight excluding hydrogens is 530 g/mol. The summed E-state index contributed by atoms with van der Waals surface area (Å²) in [7, 11) is 2.44. The molecule has 0 saturated heterocycles. The van der Waals surface area contributed by atoms with Crippen LogP contribution in [0.1, 0.15) is 32.0 Å². The Kier molecular flexibility index (Phi) is 7.19. The second kappa shape index (κ2) is 9.90. The number of hydrazine groups is 1. The van der Waals surface area contributed by atoms with E-state index < -0.39 is 17.9 Å². The zero-order chi connectivity index (χ0) is 25.2. The van der Waals surface area contributed by atoms with E-state index in [0.717, 1.165) is 5.01 Å². The number of pyridine rings is 1. The lowest BCUT2D eigenvalue weighted by atomic mass is 10.0. The Morgan fingerprint density at radius 3 is 2.56 bits per heavy atom. The van der Waals surface area contributed by atoms with Crippen molar-refractivity contribution >= 4 is 51.1 Å². The van der Waals surface area contributed by atoms with Crippen LogP contribution < -0.4 is 5.32 Å². The number of carbonyl (C=O) groups excluding carboxylic acids is 2. The summed E-state index contributed by atoms with van der Waals surface area (Å²) in [6.07, 6.45) is 0.130. The average Bonchev–Trinajstić information content (AvgIpc) is 3.20. The molecule has 0 aliphatic heterocycles. The highest BCUT2D eigenvalue weighted by Gasteiger charge is 2.26. The number of carboxylic acid groups (broad SMARTS) is 1. The van der Waals surface area contributed by atoms with Gasteiger partial charge in [0.1, 0.15) is 10.3 Å². The molecule has 0 radical (unpaired) electrons. The zero-order valence-corrected chi connectivity index (χ0v) is 20.4. The van der Waals surface area contributed by atoms with Gasteiger partial charge in [-0.2, -0.15) is 10.4 Å². The molecule has 0 saturated carbocycles. The highest BCUT2D eigenvalue weighted by atomic mass is 79.9. The number of hydrogen-bond acceptors (Lipinski definition) is 6. The summed E-state index contributed by atoms with van der Waals surface area (Å²) in [5.74, 6) is -1.17. The first-order chi connectivity index (χ1) is 16.0. The molecule has 1 aromatic carbocycles. The maximum atomic E-state index is 13.3. The van der Waals surface area contributed by atoms with Crippen LogP contribution in [0.5, 0.6) is 0 Å². The molecule has 3 amide bonds. The summed E-state index contributed by atoms with van der Waals surface area (Å²) in [4.78, 5) is 41.8. The standard InChI is InChI=1S/C21H17BrClN7O4/c1-11-7-12(10-24)8-13(20(32)28(2)29(3)21(33)34)17(11)26-19(31)15-9-16(22)27-30(15)18-14(23)5-4-6-25-18/h4-9H,1-3H3,(H,26,31)(H,33,34). The molecule has 2 N–H and O–H groups in total. The van der Waals surface area contributed by atoms with Crippen molar-refractivity contribution < 1.29 is 19.5 Å². The van der Waals surface area contributed by atoms with Crippen molar-refractivity contribution in [3.63, 3.8) is 0 Å². The van der Waals surface area contributed by atoms with E-state index in [1.807, 2.05) is 6.07 Å². The Labute approximate surface area is 207 Å². The Hall–Kier alpha value is -3.95. The van der Waals surface area contributed by atoms with Crippen molar-refractivity contribution in [2.45, 2.75) is 6.92 Å². The van der Waals surface area contributed by atoms with Gasteiger partial charge in [-0.3, -0.25) is 9.59 Å². The second-order valence-electron chi connectivity index (χ2n) is 6.99. The molecule has 0 aliphatic rings. The molecule has 34 heavy (non-hydrogen) atoms. The number of carbonyl (C=O) groups is 3. The third-order valence-corrected chi connectivity index (χ3v) is 5.49. The molecule has 0 atom stereocenters. The second-order valence-corrected chi connectivity index (χ2v) is 8.21. The topological polar surface area (TPSA) is 144 Å². The maximum Gasteiger partial charge on any atom is 0.426 e. The number of aromatic nitrogens is 3. The first-order valence-electron chi connectivity index (χ1n) is 9.52. The Balaban J connectivity index is 2.07. The number of halogens is 2. The smallest absolute Gasteiger partial charge is 0.426 e. The van der Waals surface area contributed by atoms with E-state index in [1.165, 1.54) is 43.2 Å². The number of nitrogens with one attached hydrogen (secondary N) is 1. The van der Waals surface area contributed by atoms with Crippen LogP contribution >= 0.6 is 27.5 Å². The quantitative estimate of drug-likeness (QED) is 0.475. The summed E-state index contributed by atoms with van der Waals surface area (Å²) in [6, 6.07) is 9.40. The molecule has 0 bridgehead atoms. The summed E-state index contributed by atoms with van der Waals surface area (Å²) >= 11 is 9.45. The summed E-state index contributed by atoms with van der Waals surface area (Å²) in [5, 5.41) is 27.2. The van der Waals surface area contributed by atoms with Crippen LogP contribution in [-0.4, -0.2) is 61.9 Å². The SMILES string of the molecule is Cc1cc(C#N)cc(C(=O)N(C)N(C)C(=O)O)c1NC(=O)c1cc(Br)nn1-c1ncccc1Cl. The minimum absolute atomic E-state index is 0.0608. The number of hydrogen-bond donors (Lipinski definition) is 2. The number of anilines is 1. The minimum Gasteiger partial charge on any atom is -0.464 e. The molecule has 0 fully saturated rings. The van der Waals surface area contributed by atoms with Crippen molar-refractivity contribution in [1.29, 1.82) is 5.26 Å². The van der Waals surface area contributed by atoms with Gasteiger partial charge in [-0.05, 0) is 52.7 Å². The van der Waals surface area contributed by atoms with Crippen LogP contribution in [0.15, 0.2) is 41.1 Å². The van der Waals surface area contributed by atoms with E-state index in [-0.39, 0.29) is 33.3 Å². The number of rotatable bonds is 4. The molecule has 0 spiro atoms. The Bertz CT molecular complexity index is 1350. The molecule has 2 aromatic heterocycles. The van der Waals surface area contributed by atoms with Crippen LogP contribution in [0.25, 0.3) is 5.82 Å². The molecule has 13 heteroatoms. The van der Waals surface area contributed by atoms with Crippen LogP contribution in [0.2, 0.25) is 5.02 Å². The predicted molar refractivity (Wildman–Crippen MR) is 126 cm³/mol. The van der Waals surface area contributed by atoms with Crippen molar-refractivity contribution in [1.82, 2.24) is 24.8 Å². The van der Waals surface area contributed by atoms with Gasteiger partial charge in [0.25, 0.3) is 11.8 Å². The number of nitrogens with zero attached hydrogens (tertiary/aromatic N) is 6. The number of benzene rings is 1. The van der Waals surface area contributed by atoms with Crippen LogP contribution in [0, 0.1) is 18.3 Å². The lowest BCUT2D eigenvalue weighted by Gasteiger charge is -2.26. The molecule has 0 unspecified atom stereocenters. The molecule has 2 heterocycles. The first-order valence-corrected chi connectivity index (χ1v) is 10.7. The van der Waals surface area contributed by atoms with Crippen LogP contribution in [0.4, 0.5) is 10.5 Å². The number of amides is 3. The lowest BCUT2D eigenvalue weighted by Crippen LogP contribution is -2.44. The fourth-order valence-electron chi connectivity index (χ4n) is 3.01. The summed E-state index contributed by atoms with van der Waals surface area (Å²) in [6.45, 7) is 1.61. The molecule has 11 nitrogen and oxygen atoms in total. The van der Waals surface area contributed by atoms with E-state index in [4.69, 9.17) is 11.6 Å². The maximum absolute atomic E-state index is 13.3. The third kappa shape index (κ3) is 4.85.